The second kappa shape index (κ2) is 14.8. The minimum Gasteiger partial charge on any atom is -0.486 e. The largest absolute Gasteiger partial charge is 0.486 e. The lowest BCUT2D eigenvalue weighted by molar-refractivity contribution is -0.136. The highest BCUT2D eigenvalue weighted by atomic mass is 16.5. The van der Waals surface area contributed by atoms with Crippen LogP contribution in [0.25, 0.3) is 11.1 Å². The van der Waals surface area contributed by atoms with Crippen LogP contribution in [-0.2, 0) is 22.5 Å². The average molecular weight is 559 g/mol. The number of nitrogens with zero attached hydrogens (tertiary/aromatic N) is 1. The minimum atomic E-state index is -0.940. The highest BCUT2D eigenvalue weighted by Crippen LogP contribution is 2.33. The summed E-state index contributed by atoms with van der Waals surface area (Å²) in [7, 11) is 0. The smallest absolute Gasteiger partial charge is 0.305 e. The maximum absolute atomic E-state index is 12.4. The van der Waals surface area contributed by atoms with Crippen molar-refractivity contribution in [1.82, 2.24) is 10.2 Å². The zero-order chi connectivity index (χ0) is 29.2. The maximum Gasteiger partial charge on any atom is 0.305 e. The Morgan fingerprint density at radius 2 is 1.71 bits per heavy atom. The van der Waals surface area contributed by atoms with Crippen molar-refractivity contribution in [2.45, 2.75) is 52.7 Å². The van der Waals surface area contributed by atoms with Gasteiger partial charge in [0.05, 0.1) is 19.6 Å². The second-order valence-electron chi connectivity index (χ2n) is 11.0. The molecule has 7 heteroatoms. The fourth-order valence-corrected chi connectivity index (χ4v) is 5.05. The molecule has 1 unspecified atom stereocenters. The molecule has 1 aliphatic heterocycles. The number of nitrogens with one attached hydrogen (secondary N) is 1. The van der Waals surface area contributed by atoms with Gasteiger partial charge in [0.25, 0.3) is 5.91 Å². The molecule has 0 saturated carbocycles. The third kappa shape index (κ3) is 8.90. The summed E-state index contributed by atoms with van der Waals surface area (Å²) in [4.78, 5) is 25.6. The molecule has 1 fully saturated rings. The highest BCUT2D eigenvalue weighted by molar-refractivity contribution is 5.94. The minimum absolute atomic E-state index is 0.0978. The Kier molecular flexibility index (Phi) is 10.9. The summed E-state index contributed by atoms with van der Waals surface area (Å²) in [6.45, 7) is 10.8. The van der Waals surface area contributed by atoms with Gasteiger partial charge < -0.3 is 19.9 Å². The maximum atomic E-state index is 12.4. The normalized spacial score (nSPS) is 14.5. The number of hydrogen-bond donors (Lipinski definition) is 2. The first kappa shape index (κ1) is 30.3. The Morgan fingerprint density at radius 3 is 2.34 bits per heavy atom. The summed E-state index contributed by atoms with van der Waals surface area (Å²) < 4.78 is 12.2. The van der Waals surface area contributed by atoms with Crippen molar-refractivity contribution < 1.29 is 24.2 Å². The van der Waals surface area contributed by atoms with Crippen LogP contribution in [0.4, 0.5) is 0 Å². The zero-order valence-corrected chi connectivity index (χ0v) is 24.4. The summed E-state index contributed by atoms with van der Waals surface area (Å²) in [5, 5.41) is 11.5. The van der Waals surface area contributed by atoms with E-state index < -0.39 is 5.97 Å². The van der Waals surface area contributed by atoms with Gasteiger partial charge in [0.1, 0.15) is 11.9 Å². The number of carbonyl (C=O) groups is 2. The van der Waals surface area contributed by atoms with E-state index in [-0.39, 0.29) is 25.0 Å². The fourth-order valence-electron chi connectivity index (χ4n) is 5.05. The molecule has 2 N–H and O–H groups in total. The van der Waals surface area contributed by atoms with E-state index in [2.05, 4.69) is 73.5 Å². The van der Waals surface area contributed by atoms with E-state index in [0.717, 1.165) is 57.0 Å². The molecule has 3 aromatic rings. The number of carboxylic acids is 1. The zero-order valence-electron chi connectivity index (χ0n) is 24.4. The molecule has 4 rings (SSSR count). The van der Waals surface area contributed by atoms with Crippen LogP contribution in [0.5, 0.6) is 5.75 Å². The molecular formula is C34H42N2O5. The molecule has 7 nitrogen and oxygen atoms in total. The molecular weight excluding hydrogens is 516 g/mol. The van der Waals surface area contributed by atoms with Crippen molar-refractivity contribution in [3.05, 3.63) is 89.0 Å². The van der Waals surface area contributed by atoms with Crippen molar-refractivity contribution in [3.8, 4) is 16.9 Å². The van der Waals surface area contributed by atoms with E-state index in [1.807, 2.05) is 12.1 Å². The molecule has 1 heterocycles. The number of hydrogen-bond acceptors (Lipinski definition) is 5. The van der Waals surface area contributed by atoms with E-state index in [0.29, 0.717) is 11.5 Å². The quantitative estimate of drug-likeness (QED) is 0.263. The van der Waals surface area contributed by atoms with Crippen molar-refractivity contribution in [2.75, 3.05) is 32.8 Å². The van der Waals surface area contributed by atoms with Crippen LogP contribution in [0.1, 0.15) is 66.8 Å². The summed E-state index contributed by atoms with van der Waals surface area (Å²) in [6.07, 6.45) is 1.56. The number of aryl methyl sites for hydroxylation is 1. The summed E-state index contributed by atoms with van der Waals surface area (Å²) in [5.41, 5.74) is 6.45. The third-order valence-electron chi connectivity index (χ3n) is 7.38. The first-order chi connectivity index (χ1) is 19.8. The van der Waals surface area contributed by atoms with Gasteiger partial charge in [-0.1, -0.05) is 63.2 Å². The van der Waals surface area contributed by atoms with E-state index >= 15 is 0 Å². The van der Waals surface area contributed by atoms with Crippen LogP contribution in [0, 0.1) is 5.92 Å². The molecule has 41 heavy (non-hydrogen) atoms. The number of benzene rings is 3. The monoisotopic (exact) mass is 558 g/mol. The van der Waals surface area contributed by atoms with Crippen LogP contribution >= 0.6 is 0 Å². The van der Waals surface area contributed by atoms with Gasteiger partial charge in [-0.05, 0) is 70.8 Å². The highest BCUT2D eigenvalue weighted by Gasteiger charge is 2.19. The van der Waals surface area contributed by atoms with Gasteiger partial charge in [0.2, 0.25) is 0 Å². The first-order valence-corrected chi connectivity index (χ1v) is 14.6. The first-order valence-electron chi connectivity index (χ1n) is 14.6. The van der Waals surface area contributed by atoms with Gasteiger partial charge >= 0.3 is 5.97 Å². The number of carbonyl (C=O) groups excluding carboxylic acids is 1. The van der Waals surface area contributed by atoms with Gasteiger partial charge in [-0.15, -0.1) is 0 Å². The lowest BCUT2D eigenvalue weighted by Gasteiger charge is -2.28. The Hall–Kier alpha value is -3.68. The fraction of sp³-hybridized carbons (Fsp3) is 0.412. The van der Waals surface area contributed by atoms with Gasteiger partial charge in [-0.25, -0.2) is 0 Å². The molecule has 0 bridgehead atoms. The number of amides is 1. The predicted octanol–water partition coefficient (Wildman–Crippen LogP) is 6.12. The van der Waals surface area contributed by atoms with E-state index in [1.165, 1.54) is 22.3 Å². The molecule has 1 aliphatic rings. The molecule has 0 aliphatic carbocycles. The Balaban J connectivity index is 1.56. The predicted molar refractivity (Wildman–Crippen MR) is 161 cm³/mol. The Bertz CT molecular complexity index is 1280. The van der Waals surface area contributed by atoms with Gasteiger partial charge in [0, 0.05) is 31.7 Å². The number of carboxylic acid groups (broad SMARTS) is 1. The van der Waals surface area contributed by atoms with Crippen molar-refractivity contribution >= 4 is 11.9 Å². The molecule has 1 saturated heterocycles. The van der Waals surface area contributed by atoms with Crippen molar-refractivity contribution in [1.29, 1.82) is 0 Å². The van der Waals surface area contributed by atoms with Crippen molar-refractivity contribution in [2.24, 2.45) is 5.92 Å². The number of aliphatic carboxylic acids is 1. The molecule has 0 aromatic heterocycles. The van der Waals surface area contributed by atoms with Gasteiger partial charge in [-0.2, -0.15) is 0 Å². The van der Waals surface area contributed by atoms with Crippen LogP contribution in [-0.4, -0.2) is 54.7 Å². The summed E-state index contributed by atoms with van der Waals surface area (Å²) in [5.74, 6) is 0.00537. The average Bonchev–Trinajstić information content (AvgIpc) is 2.97. The van der Waals surface area contributed by atoms with Crippen molar-refractivity contribution in [3.63, 3.8) is 0 Å². The summed E-state index contributed by atoms with van der Waals surface area (Å²) >= 11 is 0. The van der Waals surface area contributed by atoms with Crippen LogP contribution < -0.4 is 10.1 Å². The third-order valence-corrected chi connectivity index (χ3v) is 7.38. The van der Waals surface area contributed by atoms with Crippen LogP contribution in [0.2, 0.25) is 0 Å². The lowest BCUT2D eigenvalue weighted by atomic mass is 9.96. The van der Waals surface area contributed by atoms with Gasteiger partial charge in [0.15, 0.2) is 0 Å². The molecule has 1 amide bonds. The second-order valence-corrected chi connectivity index (χ2v) is 11.0. The topological polar surface area (TPSA) is 88.1 Å². The number of rotatable bonds is 13. The SMILES string of the molecule is CCc1ccc(-c2ccc(OC(CC(C)C)c3ccc(C(=O)NCCC(=O)O)cc3)cc2CN2CCOCC2)cc1. The standard InChI is InChI=1S/C34H42N2O5/c1-4-25-5-7-26(8-6-25)31-14-13-30(22-29(31)23-36-17-19-40-20-18-36)41-32(21-24(2)3)27-9-11-28(12-10-27)34(39)35-16-15-33(37)38/h5-14,22,24,32H,4,15-21,23H2,1-3H3,(H,35,39)(H,37,38). The molecule has 0 radical (unpaired) electrons. The molecule has 0 spiro atoms. The van der Waals surface area contributed by atoms with E-state index in [1.54, 1.807) is 12.1 Å². The van der Waals surface area contributed by atoms with E-state index in [4.69, 9.17) is 14.6 Å². The molecule has 3 aromatic carbocycles. The summed E-state index contributed by atoms with van der Waals surface area (Å²) in [6, 6.07) is 22.6. The number of morpholine rings is 1. The van der Waals surface area contributed by atoms with Crippen LogP contribution in [0.3, 0.4) is 0 Å². The van der Waals surface area contributed by atoms with Crippen LogP contribution in [0.15, 0.2) is 66.7 Å². The number of ether oxygens (including phenoxy) is 2. The Labute approximate surface area is 243 Å². The molecule has 1 atom stereocenters. The molecule has 218 valence electrons. The van der Waals surface area contributed by atoms with E-state index in [9.17, 15) is 9.59 Å². The Morgan fingerprint density at radius 1 is 1.00 bits per heavy atom. The lowest BCUT2D eigenvalue weighted by Crippen LogP contribution is -2.35. The van der Waals surface area contributed by atoms with Gasteiger partial charge in [-0.3, -0.25) is 14.5 Å².